The molecule has 0 amide bonds. The number of hydrogen-bond acceptors (Lipinski definition) is 1. The molecule has 0 saturated heterocycles. The molecule has 0 radical (unpaired) electrons. The Bertz CT molecular complexity index is 319. The van der Waals surface area contributed by atoms with E-state index in [-0.39, 0.29) is 5.60 Å². The minimum absolute atomic E-state index is 0.332. The van der Waals surface area contributed by atoms with Crippen LogP contribution in [0.15, 0.2) is 12.1 Å². The normalized spacial score (nSPS) is 11.6. The minimum atomic E-state index is -0.332. The maximum Gasteiger partial charge on any atom is 0.157 e. The summed E-state index contributed by atoms with van der Waals surface area (Å²) in [5, 5.41) is 1.36. The van der Waals surface area contributed by atoms with Gasteiger partial charge in [0.2, 0.25) is 0 Å². The Morgan fingerprint density at radius 2 is 1.43 bits per heavy atom. The van der Waals surface area contributed by atoms with E-state index in [4.69, 9.17) is 39.5 Å². The first kappa shape index (κ1) is 12.0. The van der Waals surface area contributed by atoms with E-state index in [0.717, 1.165) is 0 Å². The van der Waals surface area contributed by atoms with Gasteiger partial charge in [-0.05, 0) is 32.9 Å². The van der Waals surface area contributed by atoms with E-state index < -0.39 is 0 Å². The lowest BCUT2D eigenvalue weighted by Gasteiger charge is -2.22. The second kappa shape index (κ2) is 4.18. The fourth-order valence-corrected chi connectivity index (χ4v) is 1.83. The van der Waals surface area contributed by atoms with E-state index in [1.165, 1.54) is 0 Å². The van der Waals surface area contributed by atoms with Crippen molar-refractivity contribution in [2.45, 2.75) is 26.4 Å². The van der Waals surface area contributed by atoms with Crippen LogP contribution < -0.4 is 4.74 Å². The molecule has 14 heavy (non-hydrogen) atoms. The molecule has 0 saturated carbocycles. The summed E-state index contributed by atoms with van der Waals surface area (Å²) in [7, 11) is 0. The van der Waals surface area contributed by atoms with Crippen LogP contribution in [-0.2, 0) is 0 Å². The van der Waals surface area contributed by atoms with E-state index in [0.29, 0.717) is 20.8 Å². The lowest BCUT2D eigenvalue weighted by molar-refractivity contribution is 0.131. The van der Waals surface area contributed by atoms with E-state index >= 15 is 0 Å². The Balaban J connectivity index is 3.09. The number of halogens is 3. The van der Waals surface area contributed by atoms with Crippen LogP contribution in [-0.4, -0.2) is 5.60 Å². The average Bonchev–Trinajstić information content (AvgIpc) is 1.95. The van der Waals surface area contributed by atoms with Crippen LogP contribution in [0.4, 0.5) is 0 Å². The van der Waals surface area contributed by atoms with Gasteiger partial charge in [-0.2, -0.15) is 0 Å². The quantitative estimate of drug-likeness (QED) is 0.697. The summed E-state index contributed by atoms with van der Waals surface area (Å²) in [6, 6.07) is 3.21. The van der Waals surface area contributed by atoms with Gasteiger partial charge in [0.25, 0.3) is 0 Å². The number of benzene rings is 1. The first-order valence-corrected chi connectivity index (χ1v) is 5.26. The molecule has 0 aliphatic heterocycles. The van der Waals surface area contributed by atoms with Crippen molar-refractivity contribution in [2.24, 2.45) is 0 Å². The Labute approximate surface area is 98.9 Å². The van der Waals surface area contributed by atoms with Crippen molar-refractivity contribution in [1.82, 2.24) is 0 Å². The molecule has 0 aliphatic rings. The van der Waals surface area contributed by atoms with Gasteiger partial charge >= 0.3 is 0 Å². The molecule has 0 heterocycles. The number of hydrogen-bond donors (Lipinski definition) is 0. The Morgan fingerprint density at radius 1 is 1.00 bits per heavy atom. The standard InChI is InChI=1S/C10H11Cl3O/c1-10(2,3)14-9-7(12)4-6(11)5-8(9)13/h4-5H,1-3H3. The highest BCUT2D eigenvalue weighted by Gasteiger charge is 2.17. The third kappa shape index (κ3) is 3.23. The first-order chi connectivity index (χ1) is 6.29. The van der Waals surface area contributed by atoms with Crippen molar-refractivity contribution in [3.8, 4) is 5.75 Å². The lowest BCUT2D eigenvalue weighted by atomic mass is 10.2. The van der Waals surface area contributed by atoms with Crippen molar-refractivity contribution in [1.29, 1.82) is 0 Å². The fourth-order valence-electron chi connectivity index (χ4n) is 0.933. The summed E-state index contributed by atoms with van der Waals surface area (Å²) in [5.74, 6) is 0.477. The topological polar surface area (TPSA) is 9.23 Å². The van der Waals surface area contributed by atoms with E-state index in [9.17, 15) is 0 Å². The van der Waals surface area contributed by atoms with Crippen LogP contribution in [0.2, 0.25) is 15.1 Å². The minimum Gasteiger partial charge on any atom is -0.485 e. The van der Waals surface area contributed by atoms with Crippen molar-refractivity contribution in [3.63, 3.8) is 0 Å². The molecule has 1 nitrogen and oxygen atoms in total. The molecular formula is C10H11Cl3O. The molecule has 0 unspecified atom stereocenters. The maximum atomic E-state index is 5.95. The maximum absolute atomic E-state index is 5.95. The van der Waals surface area contributed by atoms with E-state index in [1.807, 2.05) is 20.8 Å². The van der Waals surface area contributed by atoms with Gasteiger partial charge in [0.15, 0.2) is 5.75 Å². The summed E-state index contributed by atoms with van der Waals surface area (Å²) in [4.78, 5) is 0. The van der Waals surface area contributed by atoms with Gasteiger partial charge in [0.1, 0.15) is 5.60 Å². The highest BCUT2D eigenvalue weighted by atomic mass is 35.5. The van der Waals surface area contributed by atoms with Crippen LogP contribution in [0, 0.1) is 0 Å². The Hall–Kier alpha value is -0.110. The molecule has 0 aliphatic carbocycles. The highest BCUT2D eigenvalue weighted by Crippen LogP contribution is 2.37. The van der Waals surface area contributed by atoms with Crippen LogP contribution in [0.5, 0.6) is 5.75 Å². The predicted molar refractivity (Wildman–Crippen MR) is 61.9 cm³/mol. The van der Waals surface area contributed by atoms with Crippen molar-refractivity contribution in [2.75, 3.05) is 0 Å². The molecular weight excluding hydrogens is 242 g/mol. The van der Waals surface area contributed by atoms with Gasteiger partial charge in [0.05, 0.1) is 10.0 Å². The third-order valence-corrected chi connectivity index (χ3v) is 2.15. The van der Waals surface area contributed by atoms with Crippen LogP contribution in [0.25, 0.3) is 0 Å². The summed E-state index contributed by atoms with van der Waals surface area (Å²) in [6.07, 6.45) is 0. The molecule has 0 bridgehead atoms. The van der Waals surface area contributed by atoms with Crippen LogP contribution in [0.1, 0.15) is 20.8 Å². The number of rotatable bonds is 1. The zero-order valence-corrected chi connectivity index (χ0v) is 10.5. The zero-order valence-electron chi connectivity index (χ0n) is 8.20. The van der Waals surface area contributed by atoms with E-state index in [1.54, 1.807) is 12.1 Å². The zero-order chi connectivity index (χ0) is 10.9. The predicted octanol–water partition coefficient (Wildman–Crippen LogP) is 4.82. The van der Waals surface area contributed by atoms with Crippen molar-refractivity contribution >= 4 is 34.8 Å². The SMILES string of the molecule is CC(C)(C)Oc1c(Cl)cc(Cl)cc1Cl. The summed E-state index contributed by atoms with van der Waals surface area (Å²) < 4.78 is 5.60. The van der Waals surface area contributed by atoms with Gasteiger partial charge in [-0.3, -0.25) is 0 Å². The molecule has 1 aromatic carbocycles. The van der Waals surface area contributed by atoms with Gasteiger partial charge in [0, 0.05) is 5.02 Å². The second-order valence-corrected chi connectivity index (χ2v) is 5.16. The molecule has 0 aromatic heterocycles. The lowest BCUT2D eigenvalue weighted by Crippen LogP contribution is -2.23. The van der Waals surface area contributed by atoms with Crippen LogP contribution >= 0.6 is 34.8 Å². The smallest absolute Gasteiger partial charge is 0.157 e. The molecule has 4 heteroatoms. The average molecular weight is 254 g/mol. The molecule has 0 N–H and O–H groups in total. The van der Waals surface area contributed by atoms with Gasteiger partial charge in [-0.25, -0.2) is 0 Å². The van der Waals surface area contributed by atoms with Crippen molar-refractivity contribution < 1.29 is 4.74 Å². The van der Waals surface area contributed by atoms with Gasteiger partial charge < -0.3 is 4.74 Å². The molecule has 78 valence electrons. The first-order valence-electron chi connectivity index (χ1n) is 4.13. The van der Waals surface area contributed by atoms with E-state index in [2.05, 4.69) is 0 Å². The summed E-state index contributed by atoms with van der Waals surface area (Å²) >= 11 is 17.7. The summed E-state index contributed by atoms with van der Waals surface area (Å²) in [6.45, 7) is 5.77. The largest absolute Gasteiger partial charge is 0.485 e. The number of ether oxygens (including phenoxy) is 1. The molecule has 1 rings (SSSR count). The summed E-state index contributed by atoms with van der Waals surface area (Å²) in [5.41, 5.74) is -0.332. The van der Waals surface area contributed by atoms with Crippen LogP contribution in [0.3, 0.4) is 0 Å². The fraction of sp³-hybridized carbons (Fsp3) is 0.400. The highest BCUT2D eigenvalue weighted by molar-refractivity contribution is 6.40. The van der Waals surface area contributed by atoms with Crippen molar-refractivity contribution in [3.05, 3.63) is 27.2 Å². The Kier molecular flexibility index (Phi) is 3.57. The molecule has 0 atom stereocenters. The second-order valence-electron chi connectivity index (χ2n) is 3.91. The monoisotopic (exact) mass is 252 g/mol. The van der Waals surface area contributed by atoms with Gasteiger partial charge in [-0.15, -0.1) is 0 Å². The molecule has 0 spiro atoms. The Morgan fingerprint density at radius 3 is 1.79 bits per heavy atom. The molecule has 0 fully saturated rings. The third-order valence-electron chi connectivity index (χ3n) is 1.37. The molecule has 1 aromatic rings. The van der Waals surface area contributed by atoms with Gasteiger partial charge in [-0.1, -0.05) is 34.8 Å².